The van der Waals surface area contributed by atoms with Gasteiger partial charge in [0.25, 0.3) is 0 Å². The molecule has 5 heteroatoms. The quantitative estimate of drug-likeness (QED) is 0.853. The molecule has 0 aromatic heterocycles. The van der Waals surface area contributed by atoms with Gasteiger partial charge in [0.2, 0.25) is 0 Å². The fourth-order valence-electron chi connectivity index (χ4n) is 2.66. The van der Waals surface area contributed by atoms with Gasteiger partial charge in [0.05, 0.1) is 0 Å². The van der Waals surface area contributed by atoms with Gasteiger partial charge in [0.1, 0.15) is 4.99 Å². The molecule has 0 aliphatic carbocycles. The summed E-state index contributed by atoms with van der Waals surface area (Å²) in [5.41, 5.74) is 7.88. The minimum absolute atomic E-state index is 0.447. The number of halogens is 1. The molecule has 1 aliphatic rings. The van der Waals surface area contributed by atoms with E-state index in [0.29, 0.717) is 11.0 Å². The number of anilines is 1. The molecule has 1 aromatic rings. The van der Waals surface area contributed by atoms with Gasteiger partial charge in [0.15, 0.2) is 0 Å². The molecule has 1 saturated heterocycles. The number of thiocarbonyl (C=S) groups is 1. The van der Waals surface area contributed by atoms with Crippen LogP contribution in [0, 0.1) is 0 Å². The smallest absolute Gasteiger partial charge is 0.106 e. The third kappa shape index (κ3) is 3.46. The van der Waals surface area contributed by atoms with E-state index in [1.54, 1.807) is 0 Å². The van der Waals surface area contributed by atoms with Gasteiger partial charge >= 0.3 is 0 Å². The van der Waals surface area contributed by atoms with E-state index in [-0.39, 0.29) is 0 Å². The Morgan fingerprint density at radius 3 is 2.89 bits per heavy atom. The van der Waals surface area contributed by atoms with Crippen LogP contribution in [0.15, 0.2) is 22.7 Å². The van der Waals surface area contributed by atoms with Crippen LogP contribution >= 0.6 is 28.1 Å². The van der Waals surface area contributed by atoms with Gasteiger partial charge in [-0.15, -0.1) is 0 Å². The van der Waals surface area contributed by atoms with E-state index in [9.17, 15) is 0 Å². The van der Waals surface area contributed by atoms with Crippen molar-refractivity contribution in [3.8, 4) is 0 Å². The maximum Gasteiger partial charge on any atom is 0.106 e. The Kier molecular flexibility index (Phi) is 4.81. The van der Waals surface area contributed by atoms with Crippen molar-refractivity contribution >= 4 is 38.8 Å². The summed E-state index contributed by atoms with van der Waals surface area (Å²) in [4.78, 5) is 5.13. The molecule has 19 heavy (non-hydrogen) atoms. The molecule has 104 valence electrons. The van der Waals surface area contributed by atoms with Gasteiger partial charge in [0, 0.05) is 35.4 Å². The third-order valence-electron chi connectivity index (χ3n) is 3.79. The molecular weight excluding hydrogens is 322 g/mol. The zero-order valence-corrected chi connectivity index (χ0v) is 13.8. The van der Waals surface area contributed by atoms with Crippen LogP contribution in [0.4, 0.5) is 5.69 Å². The standard InChI is InChI=1S/C14H20BrN3S/c1-17-7-3-4-11(17)9-18(2)13-6-5-10(15)8-12(13)14(16)19/h5-6,8,11H,3-4,7,9H2,1-2H3,(H2,16,19). The van der Waals surface area contributed by atoms with E-state index in [1.807, 2.05) is 12.1 Å². The lowest BCUT2D eigenvalue weighted by Gasteiger charge is -2.28. The zero-order chi connectivity index (χ0) is 14.0. The summed E-state index contributed by atoms with van der Waals surface area (Å²) >= 11 is 8.62. The zero-order valence-electron chi connectivity index (χ0n) is 11.4. The minimum Gasteiger partial charge on any atom is -0.389 e. The summed E-state index contributed by atoms with van der Waals surface area (Å²) in [5.74, 6) is 0. The van der Waals surface area contributed by atoms with Crippen LogP contribution in [0.1, 0.15) is 18.4 Å². The first-order valence-corrected chi connectivity index (χ1v) is 7.70. The Morgan fingerprint density at radius 2 is 2.32 bits per heavy atom. The lowest BCUT2D eigenvalue weighted by molar-refractivity contribution is 0.314. The summed E-state index contributed by atoms with van der Waals surface area (Å²) in [6, 6.07) is 6.72. The fourth-order valence-corrected chi connectivity index (χ4v) is 3.19. The second-order valence-electron chi connectivity index (χ2n) is 5.18. The van der Waals surface area contributed by atoms with Crippen molar-refractivity contribution in [3.63, 3.8) is 0 Å². The Hall–Kier alpha value is -0.650. The monoisotopic (exact) mass is 341 g/mol. The van der Waals surface area contributed by atoms with Gasteiger partial charge < -0.3 is 15.5 Å². The molecule has 0 bridgehead atoms. The van der Waals surface area contributed by atoms with Crippen LogP contribution in [-0.4, -0.2) is 43.1 Å². The lowest BCUT2D eigenvalue weighted by atomic mass is 10.1. The van der Waals surface area contributed by atoms with Crippen molar-refractivity contribution in [1.29, 1.82) is 0 Å². The molecule has 1 unspecified atom stereocenters. The summed E-state index contributed by atoms with van der Waals surface area (Å²) in [6.07, 6.45) is 2.55. The van der Waals surface area contributed by atoms with E-state index in [0.717, 1.165) is 22.3 Å². The van der Waals surface area contributed by atoms with Crippen LogP contribution in [0.25, 0.3) is 0 Å². The lowest BCUT2D eigenvalue weighted by Crippen LogP contribution is -2.37. The Morgan fingerprint density at radius 1 is 1.58 bits per heavy atom. The highest BCUT2D eigenvalue weighted by molar-refractivity contribution is 9.10. The molecule has 0 amide bonds. The second kappa shape index (κ2) is 6.20. The molecule has 0 spiro atoms. The van der Waals surface area contributed by atoms with E-state index < -0.39 is 0 Å². The molecule has 1 fully saturated rings. The predicted octanol–water partition coefficient (Wildman–Crippen LogP) is 2.61. The van der Waals surface area contributed by atoms with Crippen molar-refractivity contribution in [1.82, 2.24) is 4.90 Å². The third-order valence-corrected chi connectivity index (χ3v) is 4.50. The highest BCUT2D eigenvalue weighted by Gasteiger charge is 2.23. The van der Waals surface area contributed by atoms with Crippen molar-refractivity contribution in [2.24, 2.45) is 5.73 Å². The first kappa shape index (κ1) is 14.8. The number of likely N-dealkylation sites (tertiary alicyclic amines) is 1. The summed E-state index contributed by atoms with van der Waals surface area (Å²) in [6.45, 7) is 2.20. The topological polar surface area (TPSA) is 32.5 Å². The van der Waals surface area contributed by atoms with Gasteiger partial charge in [-0.3, -0.25) is 0 Å². The molecule has 2 N–H and O–H groups in total. The number of likely N-dealkylation sites (N-methyl/N-ethyl adjacent to an activating group) is 2. The predicted molar refractivity (Wildman–Crippen MR) is 89.0 cm³/mol. The largest absolute Gasteiger partial charge is 0.389 e. The summed E-state index contributed by atoms with van der Waals surface area (Å²) in [5, 5.41) is 0. The Balaban J connectivity index is 2.18. The van der Waals surface area contributed by atoms with E-state index >= 15 is 0 Å². The molecule has 2 rings (SSSR count). The molecule has 1 atom stereocenters. The molecule has 1 aromatic carbocycles. The average molecular weight is 342 g/mol. The van der Waals surface area contributed by atoms with E-state index in [2.05, 4.69) is 45.9 Å². The first-order chi connectivity index (χ1) is 8.99. The van der Waals surface area contributed by atoms with Crippen molar-refractivity contribution in [2.45, 2.75) is 18.9 Å². The van der Waals surface area contributed by atoms with Gasteiger partial charge in [-0.1, -0.05) is 28.1 Å². The van der Waals surface area contributed by atoms with Gasteiger partial charge in [-0.05, 0) is 44.6 Å². The maximum absolute atomic E-state index is 5.83. The van der Waals surface area contributed by atoms with Crippen LogP contribution < -0.4 is 10.6 Å². The molecule has 0 saturated carbocycles. The van der Waals surface area contributed by atoms with Crippen molar-refractivity contribution < 1.29 is 0 Å². The van der Waals surface area contributed by atoms with Crippen molar-refractivity contribution in [3.05, 3.63) is 28.2 Å². The highest BCUT2D eigenvalue weighted by atomic mass is 79.9. The van der Waals surface area contributed by atoms with Gasteiger partial charge in [-0.25, -0.2) is 0 Å². The van der Waals surface area contributed by atoms with Crippen LogP contribution in [0.5, 0.6) is 0 Å². The number of hydrogen-bond acceptors (Lipinski definition) is 3. The molecule has 0 radical (unpaired) electrons. The second-order valence-corrected chi connectivity index (χ2v) is 6.54. The summed E-state index contributed by atoms with van der Waals surface area (Å²) in [7, 11) is 4.30. The van der Waals surface area contributed by atoms with Crippen LogP contribution in [0.2, 0.25) is 0 Å². The van der Waals surface area contributed by atoms with Crippen LogP contribution in [0.3, 0.4) is 0 Å². The fraction of sp³-hybridized carbons (Fsp3) is 0.500. The Bertz CT molecular complexity index is 478. The first-order valence-electron chi connectivity index (χ1n) is 6.50. The van der Waals surface area contributed by atoms with Gasteiger partial charge in [-0.2, -0.15) is 0 Å². The molecule has 1 heterocycles. The minimum atomic E-state index is 0.447. The molecule has 3 nitrogen and oxygen atoms in total. The number of rotatable bonds is 4. The van der Waals surface area contributed by atoms with Crippen molar-refractivity contribution in [2.75, 3.05) is 32.1 Å². The average Bonchev–Trinajstić information content (AvgIpc) is 2.74. The maximum atomic E-state index is 5.83. The van der Waals surface area contributed by atoms with Crippen LogP contribution in [-0.2, 0) is 0 Å². The Labute approximate surface area is 128 Å². The number of benzene rings is 1. The number of nitrogens with zero attached hydrogens (tertiary/aromatic N) is 2. The molecular formula is C14H20BrN3S. The van der Waals surface area contributed by atoms with E-state index in [4.69, 9.17) is 18.0 Å². The SMILES string of the molecule is CN(CC1CCCN1C)c1ccc(Br)cc1C(N)=S. The highest BCUT2D eigenvalue weighted by Crippen LogP contribution is 2.25. The molecule has 1 aliphatic heterocycles. The number of hydrogen-bond donors (Lipinski definition) is 1. The van der Waals surface area contributed by atoms with E-state index in [1.165, 1.54) is 19.4 Å². The normalized spacial score (nSPS) is 19.6. The summed E-state index contributed by atoms with van der Waals surface area (Å²) < 4.78 is 1.01. The number of nitrogens with two attached hydrogens (primary N) is 1.